The first-order chi connectivity index (χ1) is 21.8. The Bertz CT molecular complexity index is 1740. The van der Waals surface area contributed by atoms with E-state index in [4.69, 9.17) is 29.5 Å². The van der Waals surface area contributed by atoms with Crippen molar-refractivity contribution in [3.05, 3.63) is 83.8 Å². The number of hydrogen-bond donors (Lipinski definition) is 4. The molecule has 1 saturated carbocycles. The zero-order chi connectivity index (χ0) is 31.8. The zero-order valence-electron chi connectivity index (χ0n) is 25.5. The van der Waals surface area contributed by atoms with Crippen LogP contribution in [0.2, 0.25) is 0 Å². The van der Waals surface area contributed by atoms with E-state index in [1.54, 1.807) is 43.8 Å². The SMILES string of the molecule is CC(=O)O.COc1ccc(Cn2nc(NC3CCCCC3)c3c(Oc4ccc(C(=O)Nc5ncc(C)[nH]5)cc4)ccnc32)cc1. The maximum absolute atomic E-state index is 12.6. The summed E-state index contributed by atoms with van der Waals surface area (Å²) in [4.78, 5) is 33.5. The monoisotopic (exact) mass is 611 g/mol. The molecule has 4 N–H and O–H groups in total. The third-order valence-electron chi connectivity index (χ3n) is 7.31. The molecule has 0 saturated heterocycles. The van der Waals surface area contributed by atoms with Crippen LogP contribution < -0.4 is 20.1 Å². The smallest absolute Gasteiger partial charge is 0.300 e. The Balaban J connectivity index is 0.000000945. The summed E-state index contributed by atoms with van der Waals surface area (Å²) in [5, 5.41) is 19.7. The van der Waals surface area contributed by atoms with Crippen molar-refractivity contribution in [1.82, 2.24) is 24.7 Å². The average Bonchev–Trinajstić information content (AvgIpc) is 3.60. The summed E-state index contributed by atoms with van der Waals surface area (Å²) >= 11 is 0. The van der Waals surface area contributed by atoms with Crippen LogP contribution in [0, 0.1) is 6.92 Å². The Morgan fingerprint density at radius 2 is 1.69 bits per heavy atom. The molecule has 1 aliphatic carbocycles. The Morgan fingerprint density at radius 1 is 1.00 bits per heavy atom. The molecule has 45 heavy (non-hydrogen) atoms. The van der Waals surface area contributed by atoms with Gasteiger partial charge in [-0.3, -0.25) is 14.9 Å². The minimum absolute atomic E-state index is 0.254. The first-order valence-corrected chi connectivity index (χ1v) is 14.8. The van der Waals surface area contributed by atoms with Crippen LogP contribution in [-0.4, -0.2) is 54.9 Å². The molecule has 0 spiro atoms. The van der Waals surface area contributed by atoms with Gasteiger partial charge in [0.25, 0.3) is 11.9 Å². The summed E-state index contributed by atoms with van der Waals surface area (Å²) in [6.45, 7) is 3.52. The fourth-order valence-electron chi connectivity index (χ4n) is 5.17. The number of carboxylic acid groups (broad SMARTS) is 1. The number of carboxylic acids is 1. The number of rotatable bonds is 9. The lowest BCUT2D eigenvalue weighted by Gasteiger charge is -2.22. The second-order valence-electron chi connectivity index (χ2n) is 10.9. The number of aromatic nitrogens is 5. The number of carbonyl (C=O) groups excluding carboxylic acids is 1. The van der Waals surface area contributed by atoms with Gasteiger partial charge in [-0.2, -0.15) is 5.10 Å². The minimum Gasteiger partial charge on any atom is -0.497 e. The van der Waals surface area contributed by atoms with Crippen molar-refractivity contribution >= 4 is 34.7 Å². The van der Waals surface area contributed by atoms with E-state index in [2.05, 4.69) is 20.6 Å². The molecule has 1 fully saturated rings. The molecule has 0 radical (unpaired) electrons. The fourth-order valence-corrected chi connectivity index (χ4v) is 5.17. The summed E-state index contributed by atoms with van der Waals surface area (Å²) in [6.07, 6.45) is 9.33. The lowest BCUT2D eigenvalue weighted by molar-refractivity contribution is -0.134. The summed E-state index contributed by atoms with van der Waals surface area (Å²) in [6, 6.07) is 17.2. The van der Waals surface area contributed by atoms with Crippen molar-refractivity contribution in [2.45, 2.75) is 58.5 Å². The fraction of sp³-hybridized carbons (Fsp3) is 0.303. The van der Waals surface area contributed by atoms with E-state index in [9.17, 15) is 4.79 Å². The number of H-pyrrole nitrogens is 1. The van der Waals surface area contributed by atoms with E-state index in [1.807, 2.05) is 41.9 Å². The van der Waals surface area contributed by atoms with Crippen molar-refractivity contribution < 1.29 is 24.2 Å². The van der Waals surface area contributed by atoms with E-state index < -0.39 is 5.97 Å². The molecule has 1 amide bonds. The highest BCUT2D eigenvalue weighted by atomic mass is 16.5. The summed E-state index contributed by atoms with van der Waals surface area (Å²) in [7, 11) is 1.66. The number of hydrogen-bond acceptors (Lipinski definition) is 8. The van der Waals surface area contributed by atoms with Crippen LogP contribution in [0.25, 0.3) is 11.0 Å². The lowest BCUT2D eigenvalue weighted by Crippen LogP contribution is -2.22. The van der Waals surface area contributed by atoms with Crippen molar-refractivity contribution in [3.63, 3.8) is 0 Å². The highest BCUT2D eigenvalue weighted by Gasteiger charge is 2.21. The molecule has 3 heterocycles. The van der Waals surface area contributed by atoms with Crippen LogP contribution in [-0.2, 0) is 11.3 Å². The number of benzene rings is 2. The van der Waals surface area contributed by atoms with Crippen LogP contribution in [0.5, 0.6) is 17.2 Å². The van der Waals surface area contributed by atoms with Gasteiger partial charge < -0.3 is 24.9 Å². The molecule has 6 rings (SSSR count). The van der Waals surface area contributed by atoms with Crippen LogP contribution in [0.15, 0.2) is 67.0 Å². The van der Waals surface area contributed by atoms with Gasteiger partial charge in [0, 0.05) is 42.7 Å². The van der Waals surface area contributed by atoms with Gasteiger partial charge in [0.2, 0.25) is 5.95 Å². The standard InChI is InChI=1S/C31H33N7O3.C2H4O2/c1-20-18-33-31(34-20)36-30(39)22-10-14-25(15-11-22)41-26-16-17-32-29-27(26)28(35-23-6-4-3-5-7-23)37-38(29)19-21-8-12-24(40-2)13-9-21;1-2(3)4/h8-18,23H,3-7,19H2,1-2H3,(H,35,37)(H2,33,34,36,39);1H3,(H,3,4). The number of imidazole rings is 1. The summed E-state index contributed by atoms with van der Waals surface area (Å²) < 4.78 is 13.6. The molecule has 0 aliphatic heterocycles. The quantitative estimate of drug-likeness (QED) is 0.148. The zero-order valence-corrected chi connectivity index (χ0v) is 25.5. The first kappa shape index (κ1) is 31.0. The van der Waals surface area contributed by atoms with Gasteiger partial charge in [-0.15, -0.1) is 0 Å². The predicted molar refractivity (Wildman–Crippen MR) is 171 cm³/mol. The second kappa shape index (κ2) is 14.4. The molecule has 1 aliphatic rings. The molecule has 0 atom stereocenters. The van der Waals surface area contributed by atoms with E-state index >= 15 is 0 Å². The number of nitrogens with one attached hydrogen (secondary N) is 3. The summed E-state index contributed by atoms with van der Waals surface area (Å²) in [5.41, 5.74) is 3.20. The van der Waals surface area contributed by atoms with Crippen LogP contribution in [0.4, 0.5) is 11.8 Å². The van der Waals surface area contributed by atoms with Gasteiger partial charge in [-0.1, -0.05) is 31.4 Å². The van der Waals surface area contributed by atoms with Gasteiger partial charge in [-0.25, -0.2) is 14.6 Å². The van der Waals surface area contributed by atoms with Gasteiger partial charge in [-0.05, 0) is 61.7 Å². The Kier molecular flexibility index (Phi) is 9.93. The van der Waals surface area contributed by atoms with Gasteiger partial charge >= 0.3 is 0 Å². The lowest BCUT2D eigenvalue weighted by atomic mass is 9.95. The number of ether oxygens (including phenoxy) is 2. The number of aromatic amines is 1. The number of fused-ring (bicyclic) bond motifs is 1. The van der Waals surface area contributed by atoms with E-state index in [1.165, 1.54) is 19.3 Å². The van der Waals surface area contributed by atoms with E-state index in [-0.39, 0.29) is 5.91 Å². The molecule has 12 heteroatoms. The Labute approximate surface area is 260 Å². The molecular formula is C33H37N7O5. The maximum atomic E-state index is 12.6. The number of pyridine rings is 1. The van der Waals surface area contributed by atoms with Gasteiger partial charge in [0.05, 0.1) is 13.7 Å². The molecule has 5 aromatic rings. The van der Waals surface area contributed by atoms with E-state index in [0.717, 1.165) is 53.6 Å². The predicted octanol–water partition coefficient (Wildman–Crippen LogP) is 6.40. The molecule has 12 nitrogen and oxygen atoms in total. The molecule has 0 unspecified atom stereocenters. The average molecular weight is 612 g/mol. The molecular weight excluding hydrogens is 574 g/mol. The third-order valence-corrected chi connectivity index (χ3v) is 7.31. The normalized spacial score (nSPS) is 13.0. The largest absolute Gasteiger partial charge is 0.497 e. The van der Waals surface area contributed by atoms with Crippen LogP contribution in [0.1, 0.15) is 60.6 Å². The van der Waals surface area contributed by atoms with Crippen molar-refractivity contribution in [2.24, 2.45) is 0 Å². The highest BCUT2D eigenvalue weighted by molar-refractivity contribution is 6.03. The van der Waals surface area contributed by atoms with E-state index in [0.29, 0.717) is 35.6 Å². The first-order valence-electron chi connectivity index (χ1n) is 14.8. The molecule has 234 valence electrons. The number of methoxy groups -OCH3 is 1. The minimum atomic E-state index is -0.833. The van der Waals surface area contributed by atoms with Crippen LogP contribution in [0.3, 0.4) is 0 Å². The number of nitrogens with zero attached hydrogens (tertiary/aromatic N) is 4. The van der Waals surface area contributed by atoms with Gasteiger partial charge in [0.1, 0.15) is 22.6 Å². The van der Waals surface area contributed by atoms with Crippen molar-refractivity contribution in [3.8, 4) is 17.2 Å². The number of aryl methyl sites for hydroxylation is 1. The highest BCUT2D eigenvalue weighted by Crippen LogP contribution is 2.36. The summed E-state index contributed by atoms with van der Waals surface area (Å²) in [5.74, 6) is 2.17. The van der Waals surface area contributed by atoms with Crippen LogP contribution >= 0.6 is 0 Å². The van der Waals surface area contributed by atoms with Crippen molar-refractivity contribution in [1.29, 1.82) is 0 Å². The number of anilines is 2. The van der Waals surface area contributed by atoms with Gasteiger partial charge in [0.15, 0.2) is 11.5 Å². The molecule has 3 aromatic heterocycles. The Hall–Kier alpha value is -5.39. The second-order valence-corrected chi connectivity index (χ2v) is 10.9. The number of carbonyl (C=O) groups is 2. The third kappa shape index (κ3) is 8.17. The van der Waals surface area contributed by atoms with Crippen molar-refractivity contribution in [2.75, 3.05) is 17.7 Å². The topological polar surface area (TPSA) is 156 Å². The number of amides is 1. The molecule has 0 bridgehead atoms. The number of aliphatic carboxylic acids is 1. The Morgan fingerprint density at radius 3 is 2.33 bits per heavy atom. The maximum Gasteiger partial charge on any atom is 0.300 e. The molecule has 2 aromatic carbocycles.